The van der Waals surface area contributed by atoms with Gasteiger partial charge < -0.3 is 26.4 Å². The molecule has 0 bridgehead atoms. The van der Waals surface area contributed by atoms with Crippen LogP contribution < -0.4 is 21.3 Å². The molecular formula is C12H22N4O5S. The van der Waals surface area contributed by atoms with Crippen LogP contribution in [-0.2, 0) is 19.2 Å². The maximum Gasteiger partial charge on any atom is 0.303 e. The lowest BCUT2D eigenvalue weighted by molar-refractivity contribution is -0.137. The van der Waals surface area contributed by atoms with E-state index in [2.05, 4.69) is 33.9 Å². The normalized spacial score (nSPS) is 11.4. The van der Waals surface area contributed by atoms with E-state index in [1.165, 1.54) is 0 Å². The molecule has 0 fully saturated rings. The van der Waals surface area contributed by atoms with Gasteiger partial charge in [-0.05, 0) is 13.5 Å². The van der Waals surface area contributed by atoms with Gasteiger partial charge in [0.1, 0.15) is 6.04 Å². The van der Waals surface area contributed by atoms with Crippen LogP contribution in [0.1, 0.15) is 19.3 Å². The third-order valence-corrected chi connectivity index (χ3v) is 2.88. The fraction of sp³-hybridized carbons (Fsp3) is 0.667. The van der Waals surface area contributed by atoms with Crippen molar-refractivity contribution in [3.8, 4) is 0 Å². The number of carboxylic acid groups (broad SMARTS) is 1. The van der Waals surface area contributed by atoms with Crippen molar-refractivity contribution < 1.29 is 24.3 Å². The van der Waals surface area contributed by atoms with Gasteiger partial charge in [0.05, 0.1) is 13.2 Å². The lowest BCUT2D eigenvalue weighted by atomic mass is 10.2. The predicted octanol–water partition coefficient (Wildman–Crippen LogP) is -1.93. The molecule has 5 N–H and O–H groups in total. The average molecular weight is 334 g/mol. The first-order chi connectivity index (χ1) is 10.4. The van der Waals surface area contributed by atoms with Gasteiger partial charge in [-0.2, -0.15) is 12.6 Å². The number of aliphatic carboxylic acids is 1. The van der Waals surface area contributed by atoms with Crippen molar-refractivity contribution in [2.75, 3.05) is 26.0 Å². The van der Waals surface area contributed by atoms with E-state index in [1.54, 1.807) is 7.05 Å². The highest BCUT2D eigenvalue weighted by atomic mass is 32.1. The highest BCUT2D eigenvalue weighted by molar-refractivity contribution is 7.80. The summed E-state index contributed by atoms with van der Waals surface area (Å²) in [7, 11) is 1.66. The first kappa shape index (κ1) is 20.2. The lowest BCUT2D eigenvalue weighted by Crippen LogP contribution is -2.50. The number of carbonyl (C=O) groups excluding carboxylic acids is 3. The van der Waals surface area contributed by atoms with E-state index in [4.69, 9.17) is 5.11 Å². The van der Waals surface area contributed by atoms with Crippen LogP contribution in [-0.4, -0.2) is 60.9 Å². The quantitative estimate of drug-likeness (QED) is 0.192. The van der Waals surface area contributed by atoms with Gasteiger partial charge in [0.2, 0.25) is 17.7 Å². The summed E-state index contributed by atoms with van der Waals surface area (Å²) in [4.78, 5) is 45.0. The van der Waals surface area contributed by atoms with Crippen molar-refractivity contribution in [1.29, 1.82) is 0 Å². The van der Waals surface area contributed by atoms with Crippen LogP contribution in [0.5, 0.6) is 0 Å². The van der Waals surface area contributed by atoms with Gasteiger partial charge in [0.25, 0.3) is 0 Å². The highest BCUT2D eigenvalue weighted by Crippen LogP contribution is 1.97. The van der Waals surface area contributed by atoms with Crippen molar-refractivity contribution in [2.24, 2.45) is 0 Å². The molecule has 126 valence electrons. The molecule has 0 aromatic rings. The highest BCUT2D eigenvalue weighted by Gasteiger charge is 2.19. The number of carboxylic acids is 1. The van der Waals surface area contributed by atoms with E-state index >= 15 is 0 Å². The first-order valence-corrected chi connectivity index (χ1v) is 7.35. The largest absolute Gasteiger partial charge is 0.481 e. The molecule has 0 saturated carbocycles. The number of amides is 3. The van der Waals surface area contributed by atoms with Crippen molar-refractivity contribution in [3.63, 3.8) is 0 Å². The third-order valence-electron chi connectivity index (χ3n) is 2.51. The van der Waals surface area contributed by atoms with Crippen LogP contribution in [0.4, 0.5) is 0 Å². The Morgan fingerprint density at radius 1 is 1.09 bits per heavy atom. The second-order valence-electron chi connectivity index (χ2n) is 4.40. The van der Waals surface area contributed by atoms with E-state index in [-0.39, 0.29) is 44.1 Å². The fourth-order valence-electron chi connectivity index (χ4n) is 1.40. The first-order valence-electron chi connectivity index (χ1n) is 6.71. The fourth-order valence-corrected chi connectivity index (χ4v) is 1.66. The Labute approximate surface area is 134 Å². The van der Waals surface area contributed by atoms with Crippen molar-refractivity contribution in [1.82, 2.24) is 21.3 Å². The monoisotopic (exact) mass is 334 g/mol. The molecule has 0 aliphatic carbocycles. The smallest absolute Gasteiger partial charge is 0.303 e. The second kappa shape index (κ2) is 11.8. The van der Waals surface area contributed by atoms with Crippen molar-refractivity contribution in [2.45, 2.75) is 25.3 Å². The van der Waals surface area contributed by atoms with Crippen LogP contribution >= 0.6 is 12.6 Å². The zero-order chi connectivity index (χ0) is 17.0. The molecule has 0 aromatic carbocycles. The van der Waals surface area contributed by atoms with E-state index < -0.39 is 23.8 Å². The topological polar surface area (TPSA) is 137 Å². The van der Waals surface area contributed by atoms with Crippen molar-refractivity contribution in [3.05, 3.63) is 0 Å². The molecule has 0 aromatic heterocycles. The maximum absolute atomic E-state index is 11.8. The molecular weight excluding hydrogens is 312 g/mol. The van der Waals surface area contributed by atoms with Gasteiger partial charge in [-0.15, -0.1) is 0 Å². The minimum atomic E-state index is -0.983. The molecule has 1 atom stereocenters. The zero-order valence-corrected chi connectivity index (χ0v) is 13.2. The van der Waals surface area contributed by atoms with Gasteiger partial charge in [-0.1, -0.05) is 0 Å². The Morgan fingerprint density at radius 3 is 2.32 bits per heavy atom. The van der Waals surface area contributed by atoms with E-state index in [0.29, 0.717) is 0 Å². The Morgan fingerprint density at radius 2 is 1.77 bits per heavy atom. The Kier molecular flexibility index (Phi) is 10.8. The molecule has 0 aliphatic rings. The summed E-state index contributed by atoms with van der Waals surface area (Å²) in [5, 5.41) is 18.5. The molecule has 0 saturated heterocycles. The summed E-state index contributed by atoms with van der Waals surface area (Å²) in [5.74, 6) is -2.25. The molecule has 1 unspecified atom stereocenters. The maximum atomic E-state index is 11.8. The number of nitrogens with one attached hydrogen (secondary N) is 4. The number of hydrogen-bond acceptors (Lipinski definition) is 6. The Balaban J connectivity index is 4.10. The minimum absolute atomic E-state index is 0.00646. The van der Waals surface area contributed by atoms with Gasteiger partial charge in [-0.3, -0.25) is 19.2 Å². The molecule has 3 amide bonds. The molecule has 9 nitrogen and oxygen atoms in total. The number of carbonyl (C=O) groups is 4. The van der Waals surface area contributed by atoms with E-state index in [9.17, 15) is 19.2 Å². The third kappa shape index (κ3) is 10.00. The van der Waals surface area contributed by atoms with Gasteiger partial charge in [0, 0.05) is 18.6 Å². The summed E-state index contributed by atoms with van der Waals surface area (Å²) in [6.45, 7) is 0.0741. The summed E-state index contributed by atoms with van der Waals surface area (Å²) < 4.78 is 0. The number of thiol groups is 1. The summed E-state index contributed by atoms with van der Waals surface area (Å²) >= 11 is 3.97. The minimum Gasteiger partial charge on any atom is -0.481 e. The molecule has 0 aliphatic heterocycles. The lowest BCUT2D eigenvalue weighted by Gasteiger charge is -2.16. The summed E-state index contributed by atoms with van der Waals surface area (Å²) in [6, 6.07) is -0.877. The van der Waals surface area contributed by atoms with Crippen LogP contribution in [0.15, 0.2) is 0 Å². The Bertz CT molecular complexity index is 405. The van der Waals surface area contributed by atoms with Crippen LogP contribution in [0.2, 0.25) is 0 Å². The molecule has 0 heterocycles. The van der Waals surface area contributed by atoms with Crippen LogP contribution in [0, 0.1) is 0 Å². The SMILES string of the molecule is CNCNC(=O)CNC(=O)C(CS)NC(=O)CCCC(=O)O. The average Bonchev–Trinajstić information content (AvgIpc) is 2.47. The molecule has 10 heteroatoms. The van der Waals surface area contributed by atoms with Gasteiger partial charge in [0.15, 0.2) is 0 Å². The summed E-state index contributed by atoms with van der Waals surface area (Å²) in [5.41, 5.74) is 0. The zero-order valence-electron chi connectivity index (χ0n) is 12.3. The van der Waals surface area contributed by atoms with Crippen LogP contribution in [0.3, 0.4) is 0 Å². The predicted molar refractivity (Wildman–Crippen MR) is 82.3 cm³/mol. The summed E-state index contributed by atoms with van der Waals surface area (Å²) in [6.07, 6.45) is 0.0812. The molecule has 0 radical (unpaired) electrons. The second-order valence-corrected chi connectivity index (χ2v) is 4.76. The number of rotatable bonds is 11. The number of hydrogen-bond donors (Lipinski definition) is 6. The van der Waals surface area contributed by atoms with E-state index in [1.807, 2.05) is 0 Å². The van der Waals surface area contributed by atoms with Crippen LogP contribution in [0.25, 0.3) is 0 Å². The van der Waals surface area contributed by atoms with Gasteiger partial charge >= 0.3 is 5.97 Å². The van der Waals surface area contributed by atoms with Crippen molar-refractivity contribution >= 4 is 36.3 Å². The standard InChI is InChI=1S/C12H22N4O5S/c1-13-7-15-10(18)5-14-12(21)8(6-22)16-9(17)3-2-4-11(19)20/h8,13,22H,2-7H2,1H3,(H,14,21)(H,15,18)(H,16,17)(H,19,20). The Hall–Kier alpha value is -1.81. The molecule has 0 spiro atoms. The van der Waals surface area contributed by atoms with Gasteiger partial charge in [-0.25, -0.2) is 0 Å². The molecule has 22 heavy (non-hydrogen) atoms. The van der Waals surface area contributed by atoms with E-state index in [0.717, 1.165) is 0 Å². The molecule has 0 rings (SSSR count).